The van der Waals surface area contributed by atoms with E-state index in [-0.39, 0.29) is 11.8 Å². The second-order valence-corrected chi connectivity index (χ2v) is 9.30. The molecule has 2 unspecified atom stereocenters. The normalized spacial score (nSPS) is 20.5. The van der Waals surface area contributed by atoms with Gasteiger partial charge in [-0.25, -0.2) is 4.68 Å². The van der Waals surface area contributed by atoms with E-state index >= 15 is 0 Å². The summed E-state index contributed by atoms with van der Waals surface area (Å²) in [5, 5.41) is 8.59. The number of carbonyl (C=O) groups excluding carboxylic acids is 1. The van der Waals surface area contributed by atoms with E-state index in [4.69, 9.17) is 5.10 Å². The molecular formula is C27H29N3O. The lowest BCUT2D eigenvalue weighted by molar-refractivity contribution is -0.117. The molecule has 2 aromatic carbocycles. The van der Waals surface area contributed by atoms with Gasteiger partial charge < -0.3 is 5.32 Å². The summed E-state index contributed by atoms with van der Waals surface area (Å²) in [6.45, 7) is 8.61. The average Bonchev–Trinajstić information content (AvgIpc) is 3.08. The molecule has 1 aromatic heterocycles. The van der Waals surface area contributed by atoms with Crippen LogP contribution in [-0.2, 0) is 4.79 Å². The summed E-state index contributed by atoms with van der Waals surface area (Å²) in [4.78, 5) is 13.2. The summed E-state index contributed by atoms with van der Waals surface area (Å²) in [5.41, 5.74) is 7.58. The largest absolute Gasteiger partial charge is 0.343 e. The molecule has 0 radical (unpaired) electrons. The molecule has 4 nitrogen and oxygen atoms in total. The number of hydrogen-bond donors (Lipinski definition) is 1. The van der Waals surface area contributed by atoms with Crippen LogP contribution in [0.4, 0.5) is 5.82 Å². The van der Waals surface area contributed by atoms with Gasteiger partial charge in [0, 0.05) is 23.3 Å². The van der Waals surface area contributed by atoms with Crippen LogP contribution in [0.15, 0.2) is 65.9 Å². The zero-order valence-electron chi connectivity index (χ0n) is 18.6. The fourth-order valence-corrected chi connectivity index (χ4v) is 5.00. The van der Waals surface area contributed by atoms with Crippen molar-refractivity contribution in [3.8, 4) is 11.1 Å². The second kappa shape index (κ2) is 7.52. The first-order valence-corrected chi connectivity index (χ1v) is 11.2. The highest BCUT2D eigenvalue weighted by atomic mass is 16.1. The third kappa shape index (κ3) is 3.31. The second-order valence-electron chi connectivity index (χ2n) is 9.30. The van der Waals surface area contributed by atoms with Gasteiger partial charge in [-0.15, -0.1) is 0 Å². The Balaban J connectivity index is 1.71. The number of fused-ring (bicyclic) bond motifs is 1. The molecule has 0 saturated heterocycles. The SMILES string of the molecule is Cc1nn2c(c1-c1ccccc1)NC1=C(C(=O)CC(C)C1)C2c1ccc(C(C)C)cc1. The minimum Gasteiger partial charge on any atom is -0.343 e. The lowest BCUT2D eigenvalue weighted by atomic mass is 9.81. The zero-order chi connectivity index (χ0) is 21.7. The Morgan fingerprint density at radius 3 is 2.42 bits per heavy atom. The maximum atomic E-state index is 13.2. The van der Waals surface area contributed by atoms with Crippen LogP contribution in [0.1, 0.15) is 62.4 Å². The molecule has 0 amide bonds. The quantitative estimate of drug-likeness (QED) is 0.554. The number of nitrogens with one attached hydrogen (secondary N) is 1. The Bertz CT molecular complexity index is 1170. The van der Waals surface area contributed by atoms with E-state index in [1.165, 1.54) is 5.56 Å². The molecule has 2 heterocycles. The van der Waals surface area contributed by atoms with Crippen LogP contribution in [0.2, 0.25) is 0 Å². The lowest BCUT2D eigenvalue weighted by Gasteiger charge is -2.35. The highest BCUT2D eigenvalue weighted by molar-refractivity contribution is 6.00. The number of aromatic nitrogens is 2. The first-order valence-electron chi connectivity index (χ1n) is 11.2. The molecule has 2 atom stereocenters. The Morgan fingerprint density at radius 2 is 1.74 bits per heavy atom. The first kappa shape index (κ1) is 19.8. The van der Waals surface area contributed by atoms with Gasteiger partial charge in [0.05, 0.1) is 5.69 Å². The molecule has 2 aliphatic rings. The van der Waals surface area contributed by atoms with Gasteiger partial charge in [-0.1, -0.05) is 75.4 Å². The van der Waals surface area contributed by atoms with Crippen LogP contribution < -0.4 is 5.32 Å². The van der Waals surface area contributed by atoms with Gasteiger partial charge in [-0.2, -0.15) is 5.10 Å². The van der Waals surface area contributed by atoms with E-state index < -0.39 is 0 Å². The van der Waals surface area contributed by atoms with Crippen molar-refractivity contribution in [2.24, 2.45) is 5.92 Å². The van der Waals surface area contributed by atoms with Gasteiger partial charge in [-0.05, 0) is 41.9 Å². The number of carbonyl (C=O) groups is 1. The number of rotatable bonds is 3. The smallest absolute Gasteiger partial charge is 0.163 e. The third-order valence-electron chi connectivity index (χ3n) is 6.57. The molecule has 0 bridgehead atoms. The van der Waals surface area contributed by atoms with Gasteiger partial charge >= 0.3 is 0 Å². The molecule has 0 saturated carbocycles. The number of hydrogen-bond acceptors (Lipinski definition) is 3. The van der Waals surface area contributed by atoms with Crippen molar-refractivity contribution in [1.29, 1.82) is 0 Å². The van der Waals surface area contributed by atoms with Gasteiger partial charge in [0.15, 0.2) is 5.78 Å². The van der Waals surface area contributed by atoms with Crippen molar-refractivity contribution < 1.29 is 4.79 Å². The molecule has 1 aliphatic carbocycles. The van der Waals surface area contributed by atoms with Crippen LogP contribution in [0, 0.1) is 12.8 Å². The number of Topliss-reactive ketones (excluding diaryl/α,β-unsaturated/α-hetero) is 1. The number of aryl methyl sites for hydroxylation is 1. The molecule has 1 aliphatic heterocycles. The lowest BCUT2D eigenvalue weighted by Crippen LogP contribution is -2.33. The summed E-state index contributed by atoms with van der Waals surface area (Å²) < 4.78 is 2.04. The summed E-state index contributed by atoms with van der Waals surface area (Å²) in [7, 11) is 0. The van der Waals surface area contributed by atoms with Gasteiger partial charge in [0.1, 0.15) is 11.9 Å². The number of ketones is 1. The van der Waals surface area contributed by atoms with Crippen molar-refractivity contribution in [2.75, 3.05) is 5.32 Å². The molecule has 3 aromatic rings. The Kier molecular flexibility index (Phi) is 4.81. The first-order chi connectivity index (χ1) is 14.9. The topological polar surface area (TPSA) is 46.9 Å². The predicted molar refractivity (Wildman–Crippen MR) is 125 cm³/mol. The van der Waals surface area contributed by atoms with Gasteiger partial charge in [0.25, 0.3) is 0 Å². The molecule has 0 fully saturated rings. The van der Waals surface area contributed by atoms with Crippen LogP contribution in [0.25, 0.3) is 11.1 Å². The maximum absolute atomic E-state index is 13.2. The Morgan fingerprint density at radius 1 is 1.03 bits per heavy atom. The summed E-state index contributed by atoms with van der Waals surface area (Å²) in [5.74, 6) is 2.04. The summed E-state index contributed by atoms with van der Waals surface area (Å²) >= 11 is 0. The van der Waals surface area contributed by atoms with Crippen molar-refractivity contribution in [1.82, 2.24) is 9.78 Å². The number of nitrogens with zero attached hydrogens (tertiary/aromatic N) is 2. The Hall–Kier alpha value is -3.14. The minimum atomic E-state index is -0.191. The number of anilines is 1. The van der Waals surface area contributed by atoms with Crippen molar-refractivity contribution in [2.45, 2.75) is 52.5 Å². The summed E-state index contributed by atoms with van der Waals surface area (Å²) in [6.07, 6.45) is 1.49. The predicted octanol–water partition coefficient (Wildman–Crippen LogP) is 6.25. The molecule has 5 rings (SSSR count). The van der Waals surface area contributed by atoms with Crippen molar-refractivity contribution >= 4 is 11.6 Å². The van der Waals surface area contributed by atoms with Crippen LogP contribution in [-0.4, -0.2) is 15.6 Å². The standard InChI is InChI=1S/C27H29N3O/c1-16(2)19-10-12-21(13-11-19)26-25-22(14-17(3)15-23(25)31)28-27-24(18(4)29-30(26)27)20-8-6-5-7-9-20/h5-13,16-17,26,28H,14-15H2,1-4H3. The van der Waals surface area contributed by atoms with E-state index in [2.05, 4.69) is 81.5 Å². The van der Waals surface area contributed by atoms with Crippen LogP contribution >= 0.6 is 0 Å². The van der Waals surface area contributed by atoms with E-state index in [1.807, 2.05) is 10.7 Å². The van der Waals surface area contributed by atoms with Gasteiger partial charge in [0.2, 0.25) is 0 Å². The minimum absolute atomic E-state index is 0.191. The zero-order valence-corrected chi connectivity index (χ0v) is 18.6. The molecule has 158 valence electrons. The fourth-order valence-electron chi connectivity index (χ4n) is 5.00. The van der Waals surface area contributed by atoms with E-state index in [0.717, 1.165) is 45.9 Å². The van der Waals surface area contributed by atoms with Crippen molar-refractivity contribution in [3.05, 3.63) is 82.7 Å². The fraction of sp³-hybridized carbons (Fsp3) is 0.333. The van der Waals surface area contributed by atoms with E-state index in [9.17, 15) is 4.79 Å². The number of benzene rings is 2. The molecule has 0 spiro atoms. The third-order valence-corrected chi connectivity index (χ3v) is 6.57. The highest BCUT2D eigenvalue weighted by Gasteiger charge is 2.39. The molecular weight excluding hydrogens is 382 g/mol. The van der Waals surface area contributed by atoms with Crippen molar-refractivity contribution in [3.63, 3.8) is 0 Å². The number of allylic oxidation sites excluding steroid dienone is 2. The molecule has 1 N–H and O–H groups in total. The summed E-state index contributed by atoms with van der Waals surface area (Å²) in [6, 6.07) is 18.9. The Labute approximate surface area is 184 Å². The molecule has 31 heavy (non-hydrogen) atoms. The molecule has 4 heteroatoms. The average molecular weight is 412 g/mol. The van der Waals surface area contributed by atoms with E-state index in [1.54, 1.807) is 0 Å². The maximum Gasteiger partial charge on any atom is 0.163 e. The van der Waals surface area contributed by atoms with Crippen LogP contribution in [0.3, 0.4) is 0 Å². The van der Waals surface area contributed by atoms with Gasteiger partial charge in [-0.3, -0.25) is 4.79 Å². The monoisotopic (exact) mass is 411 g/mol. The highest BCUT2D eigenvalue weighted by Crippen LogP contribution is 2.45. The van der Waals surface area contributed by atoms with E-state index in [0.29, 0.717) is 18.3 Å². The van der Waals surface area contributed by atoms with Crippen LogP contribution in [0.5, 0.6) is 0 Å².